The second kappa shape index (κ2) is 5.46. The highest BCUT2D eigenvalue weighted by atomic mass is 19.4. The van der Waals surface area contributed by atoms with Crippen molar-refractivity contribution < 1.29 is 18.0 Å². The first-order valence-corrected chi connectivity index (χ1v) is 6.80. The van der Waals surface area contributed by atoms with Crippen molar-refractivity contribution in [2.75, 3.05) is 11.9 Å². The zero-order valence-electron chi connectivity index (χ0n) is 11.6. The van der Waals surface area contributed by atoms with E-state index >= 15 is 0 Å². The van der Waals surface area contributed by atoms with Crippen molar-refractivity contribution >= 4 is 11.6 Å². The van der Waals surface area contributed by atoms with Crippen LogP contribution in [0, 0.1) is 0 Å². The van der Waals surface area contributed by atoms with E-state index in [0.29, 0.717) is 11.3 Å². The van der Waals surface area contributed by atoms with Crippen molar-refractivity contribution in [2.24, 2.45) is 0 Å². The molecule has 0 bridgehead atoms. The van der Waals surface area contributed by atoms with E-state index in [0.717, 1.165) is 24.8 Å². The van der Waals surface area contributed by atoms with Gasteiger partial charge in [0.2, 0.25) is 5.91 Å². The fourth-order valence-corrected chi connectivity index (χ4v) is 2.64. The third-order valence-corrected chi connectivity index (χ3v) is 3.71. The third-order valence-electron chi connectivity index (χ3n) is 3.71. The number of hydrogen-bond donors (Lipinski definition) is 0. The number of anilines is 1. The topological polar surface area (TPSA) is 20.3 Å². The number of unbranched alkanes of at least 4 members (excludes halogenated alkanes) is 1. The molecular formula is C15H18F3NO. The van der Waals surface area contributed by atoms with Crippen LogP contribution in [0.1, 0.15) is 43.2 Å². The molecule has 2 rings (SSSR count). The number of carbonyl (C=O) groups is 1. The van der Waals surface area contributed by atoms with Crippen molar-refractivity contribution in [2.45, 2.75) is 44.7 Å². The number of alkyl halides is 3. The SMILES string of the molecule is CCCCc1ccc2c(c1)C(CC(F)(F)F)C(=O)N2C. The van der Waals surface area contributed by atoms with Gasteiger partial charge in [0.05, 0.1) is 12.3 Å². The minimum absolute atomic E-state index is 0.468. The molecule has 0 fully saturated rings. The molecule has 1 aliphatic heterocycles. The van der Waals surface area contributed by atoms with Gasteiger partial charge >= 0.3 is 6.18 Å². The Morgan fingerprint density at radius 1 is 1.30 bits per heavy atom. The molecule has 1 amide bonds. The number of nitrogens with zero attached hydrogens (tertiary/aromatic N) is 1. The average Bonchev–Trinajstić information content (AvgIpc) is 2.60. The maximum atomic E-state index is 12.6. The van der Waals surface area contributed by atoms with Crippen LogP contribution in [0.3, 0.4) is 0 Å². The number of amides is 1. The van der Waals surface area contributed by atoms with Gasteiger partial charge in [-0.05, 0) is 30.0 Å². The van der Waals surface area contributed by atoms with Crippen LogP contribution in [0.15, 0.2) is 18.2 Å². The molecule has 1 aromatic rings. The third kappa shape index (κ3) is 2.97. The summed E-state index contributed by atoms with van der Waals surface area (Å²) in [6.07, 6.45) is -2.56. The van der Waals surface area contributed by atoms with Crippen molar-refractivity contribution in [1.82, 2.24) is 0 Å². The molecule has 0 saturated heterocycles. The van der Waals surface area contributed by atoms with E-state index in [1.54, 1.807) is 12.1 Å². The fourth-order valence-electron chi connectivity index (χ4n) is 2.64. The van der Waals surface area contributed by atoms with Crippen LogP contribution in [0.5, 0.6) is 0 Å². The van der Waals surface area contributed by atoms with E-state index in [1.165, 1.54) is 11.9 Å². The lowest BCUT2D eigenvalue weighted by molar-refractivity contribution is -0.146. The minimum Gasteiger partial charge on any atom is -0.315 e. The molecule has 0 radical (unpaired) electrons. The molecule has 0 aromatic heterocycles. The van der Waals surface area contributed by atoms with Crippen molar-refractivity contribution in [3.05, 3.63) is 29.3 Å². The average molecular weight is 285 g/mol. The summed E-state index contributed by atoms with van der Waals surface area (Å²) in [7, 11) is 1.53. The second-order valence-electron chi connectivity index (χ2n) is 5.27. The molecule has 0 spiro atoms. The van der Waals surface area contributed by atoms with Gasteiger partial charge < -0.3 is 4.90 Å². The van der Waals surface area contributed by atoms with E-state index in [1.807, 2.05) is 6.07 Å². The lowest BCUT2D eigenvalue weighted by atomic mass is 9.94. The van der Waals surface area contributed by atoms with Crippen LogP contribution >= 0.6 is 0 Å². The van der Waals surface area contributed by atoms with Crippen LogP contribution in [-0.4, -0.2) is 19.1 Å². The Balaban J connectivity index is 2.32. The number of likely N-dealkylation sites (N-methyl/N-ethyl adjacent to an activating group) is 1. The van der Waals surface area contributed by atoms with Crippen molar-refractivity contribution in [3.63, 3.8) is 0 Å². The predicted octanol–water partition coefficient (Wildman–Crippen LogP) is 4.04. The molecule has 20 heavy (non-hydrogen) atoms. The minimum atomic E-state index is -4.33. The van der Waals surface area contributed by atoms with Gasteiger partial charge in [-0.15, -0.1) is 0 Å². The Kier molecular flexibility index (Phi) is 4.06. The number of hydrogen-bond acceptors (Lipinski definition) is 1. The quantitative estimate of drug-likeness (QED) is 0.817. The smallest absolute Gasteiger partial charge is 0.315 e. The molecule has 5 heteroatoms. The second-order valence-corrected chi connectivity index (χ2v) is 5.27. The number of rotatable bonds is 4. The normalized spacial score (nSPS) is 18.6. The van der Waals surface area contributed by atoms with Gasteiger partial charge in [0.15, 0.2) is 0 Å². The zero-order valence-corrected chi connectivity index (χ0v) is 11.6. The molecule has 0 saturated carbocycles. The van der Waals surface area contributed by atoms with Crippen molar-refractivity contribution in [3.8, 4) is 0 Å². The van der Waals surface area contributed by atoms with Gasteiger partial charge in [0.1, 0.15) is 0 Å². The highest BCUT2D eigenvalue weighted by molar-refractivity contribution is 6.04. The maximum absolute atomic E-state index is 12.6. The predicted molar refractivity (Wildman–Crippen MR) is 71.9 cm³/mol. The summed E-state index contributed by atoms with van der Waals surface area (Å²) in [5.41, 5.74) is 2.12. The van der Waals surface area contributed by atoms with Crippen LogP contribution in [0.25, 0.3) is 0 Å². The van der Waals surface area contributed by atoms with Crippen LogP contribution in [-0.2, 0) is 11.2 Å². The number of fused-ring (bicyclic) bond motifs is 1. The van der Waals surface area contributed by atoms with Crippen LogP contribution in [0.2, 0.25) is 0 Å². The number of aryl methyl sites for hydroxylation is 1. The number of halogens is 3. The monoisotopic (exact) mass is 285 g/mol. The highest BCUT2D eigenvalue weighted by Crippen LogP contribution is 2.42. The Bertz CT molecular complexity index is 510. The molecule has 1 aliphatic rings. The standard InChI is InChI=1S/C15H18F3NO/c1-3-4-5-10-6-7-13-11(8-10)12(9-15(16,17)18)14(20)19(13)2/h6-8,12H,3-5,9H2,1-2H3. The Labute approximate surface area is 116 Å². The fraction of sp³-hybridized carbons (Fsp3) is 0.533. The molecule has 110 valence electrons. The first-order valence-electron chi connectivity index (χ1n) is 6.80. The van der Waals surface area contributed by atoms with Crippen molar-refractivity contribution in [1.29, 1.82) is 0 Å². The van der Waals surface area contributed by atoms with E-state index < -0.39 is 24.4 Å². The van der Waals surface area contributed by atoms with Gasteiger partial charge in [0.25, 0.3) is 0 Å². The summed E-state index contributed by atoms with van der Waals surface area (Å²) in [4.78, 5) is 13.3. The summed E-state index contributed by atoms with van der Waals surface area (Å²) in [5, 5.41) is 0. The molecule has 1 unspecified atom stereocenters. The Morgan fingerprint density at radius 2 is 2.00 bits per heavy atom. The first-order chi connectivity index (χ1) is 9.33. The number of carbonyl (C=O) groups excluding carboxylic acids is 1. The van der Waals surface area contributed by atoms with E-state index in [-0.39, 0.29) is 0 Å². The summed E-state index contributed by atoms with van der Waals surface area (Å²) < 4.78 is 37.9. The summed E-state index contributed by atoms with van der Waals surface area (Å²) in [6.45, 7) is 2.07. The van der Waals surface area contributed by atoms with Gasteiger partial charge in [-0.3, -0.25) is 4.79 Å². The molecular weight excluding hydrogens is 267 g/mol. The van der Waals surface area contributed by atoms with E-state index in [2.05, 4.69) is 6.92 Å². The lowest BCUT2D eigenvalue weighted by Crippen LogP contribution is -2.26. The first kappa shape index (κ1) is 14.9. The highest BCUT2D eigenvalue weighted by Gasteiger charge is 2.42. The summed E-state index contributed by atoms with van der Waals surface area (Å²) in [6, 6.07) is 5.42. The largest absolute Gasteiger partial charge is 0.390 e. The molecule has 1 aromatic carbocycles. The van der Waals surface area contributed by atoms with E-state index in [4.69, 9.17) is 0 Å². The van der Waals surface area contributed by atoms with Gasteiger partial charge in [-0.1, -0.05) is 25.5 Å². The molecule has 0 aliphatic carbocycles. The van der Waals surface area contributed by atoms with Gasteiger partial charge in [-0.25, -0.2) is 0 Å². The van der Waals surface area contributed by atoms with E-state index in [9.17, 15) is 18.0 Å². The lowest BCUT2D eigenvalue weighted by Gasteiger charge is -2.13. The van der Waals surface area contributed by atoms with Crippen LogP contribution in [0.4, 0.5) is 18.9 Å². The zero-order chi connectivity index (χ0) is 14.9. The maximum Gasteiger partial charge on any atom is 0.390 e. The Morgan fingerprint density at radius 3 is 2.60 bits per heavy atom. The van der Waals surface area contributed by atoms with Crippen LogP contribution < -0.4 is 4.90 Å². The number of benzene rings is 1. The molecule has 2 nitrogen and oxygen atoms in total. The molecule has 0 N–H and O–H groups in total. The summed E-state index contributed by atoms with van der Waals surface area (Å²) in [5.74, 6) is -1.55. The Hall–Kier alpha value is -1.52. The summed E-state index contributed by atoms with van der Waals surface area (Å²) >= 11 is 0. The van der Waals surface area contributed by atoms with Gasteiger partial charge in [0, 0.05) is 12.7 Å². The van der Waals surface area contributed by atoms with Gasteiger partial charge in [-0.2, -0.15) is 13.2 Å². The molecule has 1 heterocycles. The molecule has 1 atom stereocenters.